The highest BCUT2D eigenvalue weighted by molar-refractivity contribution is 6.10. The van der Waals surface area contributed by atoms with Gasteiger partial charge in [0, 0.05) is 7.05 Å². The number of hydrogen-bond acceptors (Lipinski definition) is 4. The summed E-state index contributed by atoms with van der Waals surface area (Å²) >= 11 is 0. The number of benzene rings is 3. The number of para-hydroxylation sites is 1. The molecule has 0 aromatic heterocycles. The van der Waals surface area contributed by atoms with Crippen LogP contribution in [0.15, 0.2) is 66.7 Å². The molecule has 0 aliphatic rings. The molecule has 3 aromatic carbocycles. The van der Waals surface area contributed by atoms with Gasteiger partial charge in [-0.25, -0.2) is 0 Å². The van der Waals surface area contributed by atoms with E-state index in [1.165, 1.54) is 7.11 Å². The summed E-state index contributed by atoms with van der Waals surface area (Å²) in [5.41, 5.74) is 9.59. The van der Waals surface area contributed by atoms with E-state index < -0.39 is 0 Å². The number of aryl methyl sites for hydroxylation is 1. The van der Waals surface area contributed by atoms with E-state index in [-0.39, 0.29) is 5.91 Å². The molecule has 0 fully saturated rings. The average molecular weight is 376 g/mol. The molecule has 0 aliphatic carbocycles. The van der Waals surface area contributed by atoms with Crippen LogP contribution in [0.1, 0.15) is 21.5 Å². The third kappa shape index (κ3) is 4.09. The number of amides is 1. The molecule has 0 spiro atoms. The van der Waals surface area contributed by atoms with E-state index in [9.17, 15) is 4.79 Å². The van der Waals surface area contributed by atoms with Gasteiger partial charge in [0.25, 0.3) is 5.91 Å². The van der Waals surface area contributed by atoms with Crippen molar-refractivity contribution in [3.63, 3.8) is 0 Å². The summed E-state index contributed by atoms with van der Waals surface area (Å²) in [6, 6.07) is 20.8. The predicted octanol–water partition coefficient (Wildman–Crippen LogP) is 4.44. The minimum atomic E-state index is -0.232. The fourth-order valence-corrected chi connectivity index (χ4v) is 2.95. The zero-order chi connectivity index (χ0) is 20.1. The zero-order valence-electron chi connectivity index (χ0n) is 16.3. The molecule has 0 unspecified atom stereocenters. The molecule has 0 atom stereocenters. The quantitative estimate of drug-likeness (QED) is 0.646. The predicted molar refractivity (Wildman–Crippen MR) is 112 cm³/mol. The molecule has 3 aromatic rings. The third-order valence-electron chi connectivity index (χ3n) is 4.53. The van der Waals surface area contributed by atoms with E-state index >= 15 is 0 Å². The van der Waals surface area contributed by atoms with Crippen molar-refractivity contribution in [2.45, 2.75) is 13.5 Å². The van der Waals surface area contributed by atoms with Crippen LogP contribution in [0.4, 0.5) is 11.4 Å². The van der Waals surface area contributed by atoms with Crippen LogP contribution in [0.5, 0.6) is 11.5 Å². The Kier molecular flexibility index (Phi) is 5.84. The van der Waals surface area contributed by atoms with E-state index in [1.807, 2.05) is 55.5 Å². The van der Waals surface area contributed by atoms with Crippen LogP contribution in [-0.2, 0) is 6.61 Å². The smallest absolute Gasteiger partial charge is 0.260 e. The Bertz CT molecular complexity index is 971. The van der Waals surface area contributed by atoms with Crippen LogP contribution < -0.4 is 20.1 Å². The third-order valence-corrected chi connectivity index (χ3v) is 4.53. The highest BCUT2D eigenvalue weighted by Gasteiger charge is 2.21. The number of nitrogens with two attached hydrogens (primary N) is 1. The van der Waals surface area contributed by atoms with Crippen LogP contribution in [-0.4, -0.2) is 20.1 Å². The number of carbonyl (C=O) groups excluding carboxylic acids is 1. The second-order valence-electron chi connectivity index (χ2n) is 6.53. The van der Waals surface area contributed by atoms with E-state index in [4.69, 9.17) is 15.2 Å². The van der Waals surface area contributed by atoms with Gasteiger partial charge in [-0.15, -0.1) is 0 Å². The van der Waals surface area contributed by atoms with Gasteiger partial charge in [0.1, 0.15) is 18.1 Å². The molecule has 1 amide bonds. The van der Waals surface area contributed by atoms with Crippen LogP contribution >= 0.6 is 0 Å². The van der Waals surface area contributed by atoms with E-state index in [1.54, 1.807) is 30.1 Å². The average Bonchev–Trinajstić information content (AvgIpc) is 2.72. The van der Waals surface area contributed by atoms with E-state index in [2.05, 4.69) is 0 Å². The summed E-state index contributed by atoms with van der Waals surface area (Å²) in [7, 11) is 3.24. The Morgan fingerprint density at radius 3 is 2.46 bits per heavy atom. The highest BCUT2D eigenvalue weighted by Crippen LogP contribution is 2.32. The SMILES string of the molecule is COc1cccc(C(=O)N(C)c2ccc(C)cc2OCc2ccccc2)c1N. The Morgan fingerprint density at radius 1 is 1.00 bits per heavy atom. The van der Waals surface area contributed by atoms with Crippen molar-refractivity contribution in [3.05, 3.63) is 83.4 Å². The van der Waals surface area contributed by atoms with Gasteiger partial charge >= 0.3 is 0 Å². The molecule has 0 heterocycles. The second kappa shape index (κ2) is 8.48. The lowest BCUT2D eigenvalue weighted by Gasteiger charge is -2.22. The number of methoxy groups -OCH3 is 1. The Labute approximate surface area is 165 Å². The first-order valence-electron chi connectivity index (χ1n) is 8.99. The van der Waals surface area contributed by atoms with Crippen molar-refractivity contribution in [1.82, 2.24) is 0 Å². The molecule has 0 bridgehead atoms. The van der Waals surface area contributed by atoms with Gasteiger partial charge in [-0.2, -0.15) is 0 Å². The Balaban J connectivity index is 1.89. The van der Waals surface area contributed by atoms with Crippen molar-refractivity contribution in [2.75, 3.05) is 24.8 Å². The van der Waals surface area contributed by atoms with Crippen LogP contribution in [0, 0.1) is 6.92 Å². The van der Waals surface area contributed by atoms with Gasteiger partial charge in [-0.05, 0) is 42.3 Å². The summed E-state index contributed by atoms with van der Waals surface area (Å²) in [5, 5.41) is 0. The number of nitrogens with zero attached hydrogens (tertiary/aromatic N) is 1. The molecule has 5 heteroatoms. The number of ether oxygens (including phenoxy) is 2. The maximum Gasteiger partial charge on any atom is 0.260 e. The summed E-state index contributed by atoms with van der Waals surface area (Å²) in [4.78, 5) is 14.6. The van der Waals surface area contributed by atoms with Gasteiger partial charge < -0.3 is 20.1 Å². The zero-order valence-corrected chi connectivity index (χ0v) is 16.3. The number of rotatable bonds is 6. The van der Waals surface area contributed by atoms with Crippen molar-refractivity contribution < 1.29 is 14.3 Å². The molecule has 0 aliphatic heterocycles. The summed E-state index contributed by atoms with van der Waals surface area (Å²) in [6.45, 7) is 2.40. The Hall–Kier alpha value is -3.47. The minimum absolute atomic E-state index is 0.232. The largest absolute Gasteiger partial charge is 0.495 e. The molecular weight excluding hydrogens is 352 g/mol. The fourth-order valence-electron chi connectivity index (χ4n) is 2.95. The monoisotopic (exact) mass is 376 g/mol. The highest BCUT2D eigenvalue weighted by atomic mass is 16.5. The lowest BCUT2D eigenvalue weighted by molar-refractivity contribution is 0.0992. The minimum Gasteiger partial charge on any atom is -0.495 e. The number of hydrogen-bond donors (Lipinski definition) is 1. The summed E-state index contributed by atoms with van der Waals surface area (Å²) in [6.07, 6.45) is 0. The topological polar surface area (TPSA) is 64.8 Å². The first-order chi connectivity index (χ1) is 13.5. The number of nitrogen functional groups attached to an aromatic ring is 1. The van der Waals surface area contributed by atoms with Crippen LogP contribution in [0.3, 0.4) is 0 Å². The van der Waals surface area contributed by atoms with Gasteiger partial charge in [-0.3, -0.25) is 4.79 Å². The van der Waals surface area contributed by atoms with E-state index in [0.717, 1.165) is 11.1 Å². The molecule has 0 saturated carbocycles. The van der Waals surface area contributed by atoms with Gasteiger partial charge in [0.05, 0.1) is 24.0 Å². The van der Waals surface area contributed by atoms with Crippen molar-refractivity contribution in [2.24, 2.45) is 0 Å². The first-order valence-corrected chi connectivity index (χ1v) is 8.99. The van der Waals surface area contributed by atoms with Gasteiger partial charge in [0.15, 0.2) is 0 Å². The maximum absolute atomic E-state index is 13.1. The Morgan fingerprint density at radius 2 is 1.75 bits per heavy atom. The molecule has 2 N–H and O–H groups in total. The van der Waals surface area contributed by atoms with Gasteiger partial charge in [0.2, 0.25) is 0 Å². The molecular formula is C23H24N2O3. The number of anilines is 2. The lowest BCUT2D eigenvalue weighted by atomic mass is 10.1. The summed E-state index contributed by atoms with van der Waals surface area (Å²) < 4.78 is 11.3. The number of carbonyl (C=O) groups is 1. The summed E-state index contributed by atoms with van der Waals surface area (Å²) in [5.74, 6) is 0.884. The standard InChI is InChI=1S/C23H24N2O3/c1-16-12-13-19(21(14-16)28-15-17-8-5-4-6-9-17)25(2)23(26)18-10-7-11-20(27-3)22(18)24/h4-14H,15,24H2,1-3H3. The van der Waals surface area contributed by atoms with Crippen molar-refractivity contribution in [3.8, 4) is 11.5 Å². The van der Waals surface area contributed by atoms with Crippen molar-refractivity contribution in [1.29, 1.82) is 0 Å². The second-order valence-corrected chi connectivity index (χ2v) is 6.53. The molecule has 0 saturated heterocycles. The molecule has 3 rings (SSSR count). The lowest BCUT2D eigenvalue weighted by Crippen LogP contribution is -2.27. The normalized spacial score (nSPS) is 10.4. The molecule has 0 radical (unpaired) electrons. The van der Waals surface area contributed by atoms with Crippen molar-refractivity contribution >= 4 is 17.3 Å². The maximum atomic E-state index is 13.1. The molecule has 5 nitrogen and oxygen atoms in total. The fraction of sp³-hybridized carbons (Fsp3) is 0.174. The first kappa shape index (κ1) is 19.3. The molecule has 28 heavy (non-hydrogen) atoms. The van der Waals surface area contributed by atoms with Crippen LogP contribution in [0.2, 0.25) is 0 Å². The molecule has 144 valence electrons. The van der Waals surface area contributed by atoms with E-state index in [0.29, 0.717) is 35.0 Å². The van der Waals surface area contributed by atoms with Crippen LogP contribution in [0.25, 0.3) is 0 Å². The van der Waals surface area contributed by atoms with Gasteiger partial charge in [-0.1, -0.05) is 42.5 Å².